The lowest BCUT2D eigenvalue weighted by atomic mass is 10.1. The van der Waals surface area contributed by atoms with Gasteiger partial charge in [-0.25, -0.2) is 0 Å². The van der Waals surface area contributed by atoms with Gasteiger partial charge in [0.2, 0.25) is 5.91 Å². The Balaban J connectivity index is 1.68. The molecule has 1 aliphatic heterocycles. The van der Waals surface area contributed by atoms with Crippen molar-refractivity contribution in [1.29, 1.82) is 0 Å². The fourth-order valence-corrected chi connectivity index (χ4v) is 3.30. The van der Waals surface area contributed by atoms with Crippen LogP contribution in [0.3, 0.4) is 0 Å². The van der Waals surface area contributed by atoms with Crippen molar-refractivity contribution in [3.63, 3.8) is 0 Å². The van der Waals surface area contributed by atoms with Crippen LogP contribution >= 0.6 is 0 Å². The number of carbonyl (C=O) groups excluding carboxylic acids is 1. The van der Waals surface area contributed by atoms with Gasteiger partial charge >= 0.3 is 6.18 Å². The molecule has 29 heavy (non-hydrogen) atoms. The third-order valence-electron chi connectivity index (χ3n) is 4.85. The van der Waals surface area contributed by atoms with Crippen LogP contribution < -0.4 is 10.2 Å². The molecule has 1 aliphatic rings. The predicted octanol–water partition coefficient (Wildman–Crippen LogP) is 2.49. The summed E-state index contributed by atoms with van der Waals surface area (Å²) in [4.78, 5) is 13.8. The van der Waals surface area contributed by atoms with Crippen molar-refractivity contribution in [3.8, 4) is 0 Å². The van der Waals surface area contributed by atoms with Crippen LogP contribution in [0.2, 0.25) is 0 Å². The highest BCUT2D eigenvalue weighted by Crippen LogP contribution is 2.29. The molecule has 1 fully saturated rings. The van der Waals surface area contributed by atoms with Gasteiger partial charge < -0.3 is 15.0 Å². The number of benzene rings is 2. The summed E-state index contributed by atoms with van der Waals surface area (Å²) in [6.45, 7) is 3.86. The highest BCUT2D eigenvalue weighted by Gasteiger charge is 2.30. The second-order valence-electron chi connectivity index (χ2n) is 6.99. The number of alkyl halides is 3. The molecule has 1 atom stereocenters. The molecule has 154 valence electrons. The first-order chi connectivity index (χ1) is 13.9. The van der Waals surface area contributed by atoms with E-state index in [0.29, 0.717) is 18.8 Å². The Kier molecular flexibility index (Phi) is 7.06. The van der Waals surface area contributed by atoms with Gasteiger partial charge in [0, 0.05) is 6.08 Å². The highest BCUT2D eigenvalue weighted by atomic mass is 19.4. The van der Waals surface area contributed by atoms with E-state index in [-0.39, 0.29) is 11.9 Å². The lowest BCUT2D eigenvalue weighted by Gasteiger charge is -2.28. The maximum absolute atomic E-state index is 12.8. The summed E-state index contributed by atoms with van der Waals surface area (Å²) in [5.41, 5.74) is 0.579. The van der Waals surface area contributed by atoms with E-state index < -0.39 is 11.7 Å². The van der Waals surface area contributed by atoms with Crippen LogP contribution in [0.4, 0.5) is 13.2 Å². The van der Waals surface area contributed by atoms with Gasteiger partial charge in [-0.05, 0) is 29.3 Å². The van der Waals surface area contributed by atoms with Gasteiger partial charge in [0.15, 0.2) is 0 Å². The summed E-state index contributed by atoms with van der Waals surface area (Å²) in [6, 6.07) is 14.4. The predicted molar refractivity (Wildman–Crippen MR) is 104 cm³/mol. The average Bonchev–Trinajstić information content (AvgIpc) is 2.73. The maximum atomic E-state index is 12.8. The normalized spacial score (nSPS) is 16.7. The molecule has 4 nitrogen and oxygen atoms in total. The van der Waals surface area contributed by atoms with Gasteiger partial charge in [-0.1, -0.05) is 42.5 Å². The zero-order valence-electron chi connectivity index (χ0n) is 15.9. The Labute approximate surface area is 168 Å². The number of morpholine rings is 1. The van der Waals surface area contributed by atoms with E-state index in [1.807, 2.05) is 30.3 Å². The van der Waals surface area contributed by atoms with Crippen LogP contribution in [0.1, 0.15) is 22.7 Å². The van der Waals surface area contributed by atoms with Crippen LogP contribution in [0.15, 0.2) is 60.7 Å². The van der Waals surface area contributed by atoms with E-state index in [1.165, 1.54) is 29.2 Å². The Bertz CT molecular complexity index is 831. The molecular formula is C22H24F3N2O2+. The standard InChI is InChI=1S/C22H23F3N2O2/c23-22(24,25)19-8-4-5-17(15-19)9-10-21(28)26-20(18-6-2-1-3-7-18)16-27-11-13-29-14-12-27/h1-10,15,20H,11-14,16H2,(H,26,28)/p+1/b10-9+/t20-/m0/s1. The van der Waals surface area contributed by atoms with Crippen molar-refractivity contribution in [2.75, 3.05) is 32.8 Å². The molecule has 0 saturated carbocycles. The molecule has 7 heteroatoms. The second kappa shape index (κ2) is 9.71. The van der Waals surface area contributed by atoms with E-state index in [2.05, 4.69) is 5.32 Å². The summed E-state index contributed by atoms with van der Waals surface area (Å²) in [5, 5.41) is 2.99. The molecule has 0 bridgehead atoms. The lowest BCUT2D eigenvalue weighted by Crippen LogP contribution is -3.14. The van der Waals surface area contributed by atoms with Crippen molar-refractivity contribution in [2.24, 2.45) is 0 Å². The van der Waals surface area contributed by atoms with Crippen LogP contribution in [-0.4, -0.2) is 38.8 Å². The van der Waals surface area contributed by atoms with E-state index in [4.69, 9.17) is 4.74 Å². The van der Waals surface area contributed by atoms with Crippen molar-refractivity contribution < 1.29 is 27.6 Å². The molecule has 0 aromatic heterocycles. The smallest absolute Gasteiger partial charge is 0.370 e. The van der Waals surface area contributed by atoms with Crippen molar-refractivity contribution in [1.82, 2.24) is 5.32 Å². The molecule has 3 rings (SSSR count). The zero-order chi connectivity index (χ0) is 20.7. The van der Waals surface area contributed by atoms with Crippen LogP contribution in [-0.2, 0) is 15.7 Å². The van der Waals surface area contributed by atoms with Gasteiger partial charge in [0.1, 0.15) is 25.7 Å². The number of hydrogen-bond acceptors (Lipinski definition) is 2. The minimum absolute atomic E-state index is 0.192. The number of rotatable bonds is 6. The summed E-state index contributed by atoms with van der Waals surface area (Å²) < 4.78 is 43.9. The quantitative estimate of drug-likeness (QED) is 0.726. The Morgan fingerprint density at radius 2 is 1.83 bits per heavy atom. The minimum atomic E-state index is -4.41. The molecule has 0 spiro atoms. The summed E-state index contributed by atoms with van der Waals surface area (Å²) >= 11 is 0. The summed E-state index contributed by atoms with van der Waals surface area (Å²) in [7, 11) is 0. The van der Waals surface area contributed by atoms with Crippen molar-refractivity contribution >= 4 is 12.0 Å². The number of quaternary nitrogens is 1. The molecule has 2 aromatic rings. The van der Waals surface area contributed by atoms with Gasteiger partial charge in [0.25, 0.3) is 0 Å². The molecule has 1 heterocycles. The number of halogens is 3. The van der Waals surface area contributed by atoms with Crippen LogP contribution in [0.25, 0.3) is 6.08 Å². The molecule has 0 aliphatic carbocycles. The van der Waals surface area contributed by atoms with E-state index in [9.17, 15) is 18.0 Å². The van der Waals surface area contributed by atoms with Crippen molar-refractivity contribution in [3.05, 3.63) is 77.4 Å². The molecule has 0 radical (unpaired) electrons. The first-order valence-corrected chi connectivity index (χ1v) is 9.54. The lowest BCUT2D eigenvalue weighted by molar-refractivity contribution is -0.909. The summed E-state index contributed by atoms with van der Waals surface area (Å²) in [5.74, 6) is -0.344. The topological polar surface area (TPSA) is 42.8 Å². The summed E-state index contributed by atoms with van der Waals surface area (Å²) in [6.07, 6.45) is -1.74. The fraction of sp³-hybridized carbons (Fsp3) is 0.318. The molecule has 1 amide bonds. The van der Waals surface area contributed by atoms with Crippen molar-refractivity contribution in [2.45, 2.75) is 12.2 Å². The average molecular weight is 405 g/mol. The third kappa shape index (κ3) is 6.44. The largest absolute Gasteiger partial charge is 0.416 e. The monoisotopic (exact) mass is 405 g/mol. The number of hydrogen-bond donors (Lipinski definition) is 2. The first kappa shape index (κ1) is 21.1. The number of amides is 1. The fourth-order valence-electron chi connectivity index (χ4n) is 3.30. The number of ether oxygens (including phenoxy) is 1. The van der Waals surface area contributed by atoms with E-state index >= 15 is 0 Å². The van der Waals surface area contributed by atoms with Gasteiger partial charge in [-0.3, -0.25) is 4.79 Å². The molecule has 2 N–H and O–H groups in total. The number of nitrogens with one attached hydrogen (secondary N) is 2. The Morgan fingerprint density at radius 3 is 2.52 bits per heavy atom. The Hall–Kier alpha value is -2.64. The number of carbonyl (C=O) groups is 1. The zero-order valence-corrected chi connectivity index (χ0v) is 15.9. The Morgan fingerprint density at radius 1 is 1.10 bits per heavy atom. The minimum Gasteiger partial charge on any atom is -0.370 e. The SMILES string of the molecule is O=C(/C=C/c1cccc(C(F)(F)F)c1)N[C@@H](C[NH+]1CCOCC1)c1ccccc1. The molecule has 1 saturated heterocycles. The van der Waals surface area contributed by atoms with Crippen LogP contribution in [0.5, 0.6) is 0 Å². The molecule has 0 unspecified atom stereocenters. The molecule has 2 aromatic carbocycles. The van der Waals surface area contributed by atoms with Gasteiger partial charge in [-0.15, -0.1) is 0 Å². The van der Waals surface area contributed by atoms with Gasteiger partial charge in [0.05, 0.1) is 18.8 Å². The molecular weight excluding hydrogens is 381 g/mol. The third-order valence-corrected chi connectivity index (χ3v) is 4.85. The van der Waals surface area contributed by atoms with E-state index in [1.54, 1.807) is 0 Å². The van der Waals surface area contributed by atoms with Crippen LogP contribution in [0, 0.1) is 0 Å². The highest BCUT2D eigenvalue weighted by molar-refractivity contribution is 5.92. The first-order valence-electron chi connectivity index (χ1n) is 9.54. The van der Waals surface area contributed by atoms with Gasteiger partial charge in [-0.2, -0.15) is 13.2 Å². The second-order valence-corrected chi connectivity index (χ2v) is 6.99. The van der Waals surface area contributed by atoms with E-state index in [0.717, 1.165) is 37.3 Å². The maximum Gasteiger partial charge on any atom is 0.416 e.